The number of ether oxygens (including phenoxy) is 1. The van der Waals surface area contributed by atoms with Gasteiger partial charge in [-0.2, -0.15) is 0 Å². The Balaban J connectivity index is 2.29. The molecule has 152 valence electrons. The zero-order valence-electron chi connectivity index (χ0n) is 16.4. The molecule has 0 spiro atoms. The van der Waals surface area contributed by atoms with Crippen LogP contribution in [0.25, 0.3) is 0 Å². The van der Waals surface area contributed by atoms with Gasteiger partial charge in [-0.25, -0.2) is 8.78 Å². The lowest BCUT2D eigenvalue weighted by molar-refractivity contribution is -0.131. The predicted molar refractivity (Wildman–Crippen MR) is 100 cm³/mol. The van der Waals surface area contributed by atoms with Crippen LogP contribution in [0.4, 0.5) is 8.78 Å². The van der Waals surface area contributed by atoms with E-state index in [2.05, 4.69) is 5.32 Å². The molecule has 0 bridgehead atoms. The summed E-state index contributed by atoms with van der Waals surface area (Å²) in [6, 6.07) is 2.73. The highest BCUT2D eigenvalue weighted by Gasteiger charge is 2.14. The lowest BCUT2D eigenvalue weighted by Crippen LogP contribution is -2.37. The van der Waals surface area contributed by atoms with E-state index in [0.717, 1.165) is 38.1 Å². The first-order valence-corrected chi connectivity index (χ1v) is 9.52. The number of rotatable bonds is 12. The van der Waals surface area contributed by atoms with E-state index in [0.29, 0.717) is 12.8 Å². The van der Waals surface area contributed by atoms with Crippen molar-refractivity contribution in [2.75, 3.05) is 19.7 Å². The molecule has 1 aromatic rings. The van der Waals surface area contributed by atoms with Gasteiger partial charge in [-0.3, -0.25) is 9.59 Å². The Morgan fingerprint density at radius 1 is 1.15 bits per heavy atom. The Kier molecular flexibility index (Phi) is 10.4. The third kappa shape index (κ3) is 8.84. The second kappa shape index (κ2) is 12.3. The second-order valence-corrected chi connectivity index (χ2v) is 6.59. The van der Waals surface area contributed by atoms with E-state index in [1.54, 1.807) is 6.92 Å². The number of halogens is 2. The molecule has 0 saturated carbocycles. The molecule has 1 rings (SSSR count). The summed E-state index contributed by atoms with van der Waals surface area (Å²) >= 11 is 0. The van der Waals surface area contributed by atoms with Crippen LogP contribution in [0.5, 0.6) is 5.75 Å². The van der Waals surface area contributed by atoms with Gasteiger partial charge < -0.3 is 15.0 Å². The van der Waals surface area contributed by atoms with Gasteiger partial charge in [0.25, 0.3) is 0 Å². The summed E-state index contributed by atoms with van der Waals surface area (Å²) in [5.74, 6) is -1.62. The number of hydrogen-bond donors (Lipinski definition) is 1. The Bertz CT molecular complexity index is 605. The van der Waals surface area contributed by atoms with Crippen molar-refractivity contribution < 1.29 is 23.1 Å². The molecule has 27 heavy (non-hydrogen) atoms. The van der Waals surface area contributed by atoms with Crippen LogP contribution in [0.15, 0.2) is 18.2 Å². The highest BCUT2D eigenvalue weighted by Crippen LogP contribution is 2.17. The molecule has 1 N–H and O–H groups in total. The Hall–Kier alpha value is -2.18. The minimum Gasteiger partial charge on any atom is -0.488 e. The number of amides is 2. The zero-order valence-corrected chi connectivity index (χ0v) is 16.4. The van der Waals surface area contributed by atoms with Crippen LogP contribution in [0, 0.1) is 11.6 Å². The SMILES string of the molecule is CCCN(CCC)C(=O)CCCC(=O)NC(C)COc1ccc(F)cc1F. The normalized spacial score (nSPS) is 11.7. The van der Waals surface area contributed by atoms with E-state index in [1.165, 1.54) is 6.07 Å². The summed E-state index contributed by atoms with van der Waals surface area (Å²) in [4.78, 5) is 26.0. The smallest absolute Gasteiger partial charge is 0.222 e. The maximum absolute atomic E-state index is 13.5. The second-order valence-electron chi connectivity index (χ2n) is 6.59. The highest BCUT2D eigenvalue weighted by atomic mass is 19.1. The van der Waals surface area contributed by atoms with E-state index >= 15 is 0 Å². The van der Waals surface area contributed by atoms with Gasteiger partial charge in [-0.05, 0) is 38.3 Å². The van der Waals surface area contributed by atoms with Crippen LogP contribution in [0.3, 0.4) is 0 Å². The maximum atomic E-state index is 13.5. The molecule has 1 unspecified atom stereocenters. The van der Waals surface area contributed by atoms with E-state index in [9.17, 15) is 18.4 Å². The molecule has 0 saturated heterocycles. The first-order valence-electron chi connectivity index (χ1n) is 9.52. The number of benzene rings is 1. The van der Waals surface area contributed by atoms with Crippen molar-refractivity contribution in [1.29, 1.82) is 0 Å². The standard InChI is InChI=1S/C20H30F2N2O3/c1-4-11-24(12-5-2)20(26)8-6-7-19(25)23-15(3)14-27-18-10-9-16(21)13-17(18)22/h9-10,13,15H,4-8,11-12,14H2,1-3H3,(H,23,25). The van der Waals surface area contributed by atoms with Crippen LogP contribution in [0.2, 0.25) is 0 Å². The Morgan fingerprint density at radius 3 is 2.41 bits per heavy atom. The van der Waals surface area contributed by atoms with E-state index in [-0.39, 0.29) is 36.6 Å². The fraction of sp³-hybridized carbons (Fsp3) is 0.600. The van der Waals surface area contributed by atoms with Gasteiger partial charge in [0.05, 0.1) is 6.04 Å². The fourth-order valence-electron chi connectivity index (χ4n) is 2.66. The Morgan fingerprint density at radius 2 is 1.81 bits per heavy atom. The van der Waals surface area contributed by atoms with Gasteiger partial charge in [-0.1, -0.05) is 13.8 Å². The summed E-state index contributed by atoms with van der Waals surface area (Å²) in [5, 5.41) is 2.75. The van der Waals surface area contributed by atoms with Crippen LogP contribution in [-0.2, 0) is 9.59 Å². The summed E-state index contributed by atoms with van der Waals surface area (Å²) in [5.41, 5.74) is 0. The minimum atomic E-state index is -0.782. The number of hydrogen-bond acceptors (Lipinski definition) is 3. The molecule has 0 aliphatic heterocycles. The van der Waals surface area contributed by atoms with Crippen molar-refractivity contribution in [2.24, 2.45) is 0 Å². The molecule has 0 radical (unpaired) electrons. The summed E-state index contributed by atoms with van der Waals surface area (Å²) in [6.07, 6.45) is 2.90. The molecule has 1 aromatic carbocycles. The third-order valence-corrected chi connectivity index (χ3v) is 3.92. The average Bonchev–Trinajstić information content (AvgIpc) is 2.60. The van der Waals surface area contributed by atoms with E-state index in [1.807, 2.05) is 18.7 Å². The summed E-state index contributed by atoms with van der Waals surface area (Å²) in [6.45, 7) is 7.35. The number of nitrogens with one attached hydrogen (secondary N) is 1. The highest BCUT2D eigenvalue weighted by molar-refractivity contribution is 5.79. The molecule has 5 nitrogen and oxygen atoms in total. The van der Waals surface area contributed by atoms with Crippen molar-refractivity contribution >= 4 is 11.8 Å². The van der Waals surface area contributed by atoms with Gasteiger partial charge in [0.1, 0.15) is 12.4 Å². The summed E-state index contributed by atoms with van der Waals surface area (Å²) in [7, 11) is 0. The molecule has 7 heteroatoms. The van der Waals surface area contributed by atoms with Crippen LogP contribution >= 0.6 is 0 Å². The number of carbonyl (C=O) groups excluding carboxylic acids is 2. The largest absolute Gasteiger partial charge is 0.488 e. The molecule has 0 heterocycles. The lowest BCUT2D eigenvalue weighted by atomic mass is 10.2. The third-order valence-electron chi connectivity index (χ3n) is 3.92. The van der Waals surface area contributed by atoms with Crippen LogP contribution < -0.4 is 10.1 Å². The quantitative estimate of drug-likeness (QED) is 0.598. The molecule has 0 aliphatic carbocycles. The first kappa shape index (κ1) is 22.9. The molecular formula is C20H30F2N2O3. The van der Waals surface area contributed by atoms with E-state index < -0.39 is 11.6 Å². The van der Waals surface area contributed by atoms with Gasteiger partial charge in [-0.15, -0.1) is 0 Å². The molecule has 0 aromatic heterocycles. The lowest BCUT2D eigenvalue weighted by Gasteiger charge is -2.21. The molecule has 1 atom stereocenters. The van der Waals surface area contributed by atoms with E-state index in [4.69, 9.17) is 4.74 Å². The fourth-order valence-corrected chi connectivity index (χ4v) is 2.66. The number of nitrogens with zero attached hydrogens (tertiary/aromatic N) is 1. The number of carbonyl (C=O) groups is 2. The topological polar surface area (TPSA) is 58.6 Å². The van der Waals surface area contributed by atoms with Crippen molar-refractivity contribution in [1.82, 2.24) is 10.2 Å². The first-order chi connectivity index (χ1) is 12.9. The average molecular weight is 384 g/mol. The maximum Gasteiger partial charge on any atom is 0.222 e. The van der Waals surface area contributed by atoms with Crippen molar-refractivity contribution in [3.63, 3.8) is 0 Å². The van der Waals surface area contributed by atoms with Gasteiger partial charge >= 0.3 is 0 Å². The van der Waals surface area contributed by atoms with Gasteiger partial charge in [0.2, 0.25) is 11.8 Å². The monoisotopic (exact) mass is 384 g/mol. The summed E-state index contributed by atoms with van der Waals surface area (Å²) < 4.78 is 31.6. The van der Waals surface area contributed by atoms with Gasteiger partial charge in [0, 0.05) is 32.0 Å². The van der Waals surface area contributed by atoms with Crippen LogP contribution in [0.1, 0.15) is 52.9 Å². The van der Waals surface area contributed by atoms with Gasteiger partial charge in [0.15, 0.2) is 11.6 Å². The zero-order chi connectivity index (χ0) is 20.2. The molecule has 2 amide bonds. The van der Waals surface area contributed by atoms with Crippen LogP contribution in [-0.4, -0.2) is 42.5 Å². The van der Waals surface area contributed by atoms with Crippen molar-refractivity contribution in [3.8, 4) is 5.75 Å². The predicted octanol–water partition coefficient (Wildman–Crippen LogP) is 3.67. The molecular weight excluding hydrogens is 354 g/mol. The molecule has 0 aliphatic rings. The van der Waals surface area contributed by atoms with Crippen molar-refractivity contribution in [3.05, 3.63) is 29.8 Å². The van der Waals surface area contributed by atoms with Crippen molar-refractivity contribution in [2.45, 2.75) is 58.9 Å². The minimum absolute atomic E-state index is 0.0602. The Labute approximate surface area is 160 Å². The molecule has 0 fully saturated rings.